The van der Waals surface area contributed by atoms with Crippen LogP contribution >= 0.6 is 0 Å². The van der Waals surface area contributed by atoms with Gasteiger partial charge in [-0.1, -0.05) is 30.3 Å². The second-order valence-corrected chi connectivity index (χ2v) is 6.34. The Hall–Kier alpha value is -4.07. The highest BCUT2D eigenvalue weighted by molar-refractivity contribution is 5.97. The number of nitrogens with zero attached hydrogens (tertiary/aromatic N) is 3. The Morgan fingerprint density at radius 3 is 2.53 bits per heavy atom. The maximum Gasteiger partial charge on any atom is 0.281 e. The summed E-state index contributed by atoms with van der Waals surface area (Å²) in [6, 6.07) is 18.0. The van der Waals surface area contributed by atoms with E-state index in [9.17, 15) is 4.79 Å². The van der Waals surface area contributed by atoms with Crippen molar-refractivity contribution in [1.29, 1.82) is 0 Å². The number of rotatable bonds is 7. The molecule has 152 valence electrons. The molecule has 0 aliphatic heterocycles. The lowest BCUT2D eigenvalue weighted by Crippen LogP contribution is -2.17. The first kappa shape index (κ1) is 19.3. The van der Waals surface area contributed by atoms with Gasteiger partial charge < -0.3 is 19.2 Å². The molecule has 0 aliphatic carbocycles. The van der Waals surface area contributed by atoms with E-state index in [1.807, 2.05) is 36.4 Å². The van der Waals surface area contributed by atoms with Gasteiger partial charge in [0.05, 0.1) is 27.0 Å². The Labute approximate surface area is 173 Å². The quantitative estimate of drug-likeness (QED) is 0.500. The van der Waals surface area contributed by atoms with Crippen LogP contribution in [0.3, 0.4) is 0 Å². The summed E-state index contributed by atoms with van der Waals surface area (Å²) in [6.07, 6.45) is 1.59. The van der Waals surface area contributed by atoms with E-state index >= 15 is 0 Å². The lowest BCUT2D eigenvalue weighted by Gasteiger charge is -2.10. The van der Waals surface area contributed by atoms with E-state index in [4.69, 9.17) is 13.9 Å². The van der Waals surface area contributed by atoms with Gasteiger partial charge in [0.25, 0.3) is 5.91 Å². The molecular weight excluding hydrogens is 384 g/mol. The van der Waals surface area contributed by atoms with Crippen molar-refractivity contribution >= 4 is 11.9 Å². The first-order valence-corrected chi connectivity index (χ1v) is 9.25. The minimum Gasteiger partial charge on any atom is -0.493 e. The Morgan fingerprint density at radius 1 is 1.03 bits per heavy atom. The topological polar surface area (TPSA) is 91.4 Å². The largest absolute Gasteiger partial charge is 0.493 e. The van der Waals surface area contributed by atoms with Crippen LogP contribution in [0.1, 0.15) is 16.1 Å². The lowest BCUT2D eigenvalue weighted by atomic mass is 10.2. The van der Waals surface area contributed by atoms with Gasteiger partial charge >= 0.3 is 0 Å². The first-order chi connectivity index (χ1) is 14.7. The molecule has 2 aromatic carbocycles. The zero-order chi connectivity index (χ0) is 20.9. The van der Waals surface area contributed by atoms with Crippen molar-refractivity contribution in [3.63, 3.8) is 0 Å². The molecule has 2 heterocycles. The van der Waals surface area contributed by atoms with Crippen LogP contribution < -0.4 is 14.8 Å². The maximum absolute atomic E-state index is 13.2. The van der Waals surface area contributed by atoms with Gasteiger partial charge in [-0.25, -0.2) is 0 Å². The highest BCUT2D eigenvalue weighted by Gasteiger charge is 2.20. The smallest absolute Gasteiger partial charge is 0.281 e. The molecule has 0 amide bonds. The summed E-state index contributed by atoms with van der Waals surface area (Å²) in [6.45, 7) is 0.360. The van der Waals surface area contributed by atoms with Gasteiger partial charge in [-0.15, -0.1) is 5.10 Å². The summed E-state index contributed by atoms with van der Waals surface area (Å²) in [5.41, 5.74) is 1.19. The molecule has 30 heavy (non-hydrogen) atoms. The van der Waals surface area contributed by atoms with Crippen LogP contribution in [0.4, 0.5) is 5.95 Å². The number of ether oxygens (including phenoxy) is 2. The minimum absolute atomic E-state index is 0.310. The fraction of sp³-hybridized carbons (Fsp3) is 0.136. The van der Waals surface area contributed by atoms with Crippen molar-refractivity contribution in [1.82, 2.24) is 14.8 Å². The summed E-state index contributed by atoms with van der Waals surface area (Å²) in [7, 11) is 3.06. The Kier molecular flexibility index (Phi) is 5.47. The molecule has 0 bridgehead atoms. The minimum atomic E-state index is -0.354. The molecule has 0 unspecified atom stereocenters. The number of carbonyl (C=O) groups excluding carboxylic acids is 1. The van der Waals surface area contributed by atoms with Gasteiger partial charge in [0.1, 0.15) is 5.76 Å². The molecule has 8 heteroatoms. The van der Waals surface area contributed by atoms with Crippen molar-refractivity contribution in [2.45, 2.75) is 6.54 Å². The molecule has 0 spiro atoms. The third-order valence-electron chi connectivity index (χ3n) is 4.46. The molecule has 4 rings (SSSR count). The van der Waals surface area contributed by atoms with Crippen LogP contribution in [0.25, 0.3) is 11.4 Å². The molecule has 1 N–H and O–H groups in total. The molecule has 0 saturated carbocycles. The molecule has 4 aromatic rings. The first-order valence-electron chi connectivity index (χ1n) is 9.25. The second-order valence-electron chi connectivity index (χ2n) is 6.34. The predicted molar refractivity (Wildman–Crippen MR) is 111 cm³/mol. The van der Waals surface area contributed by atoms with Crippen LogP contribution in [-0.2, 0) is 6.54 Å². The molecule has 0 aliphatic rings. The Morgan fingerprint density at radius 2 is 1.83 bits per heavy atom. The average Bonchev–Trinajstić information content (AvgIpc) is 3.47. The number of methoxy groups -OCH3 is 2. The van der Waals surface area contributed by atoms with Crippen LogP contribution in [0.2, 0.25) is 0 Å². The van der Waals surface area contributed by atoms with Crippen LogP contribution in [0.5, 0.6) is 11.5 Å². The summed E-state index contributed by atoms with van der Waals surface area (Å²) in [5, 5.41) is 7.57. The van der Waals surface area contributed by atoms with Gasteiger partial charge in [-0.05, 0) is 30.3 Å². The van der Waals surface area contributed by atoms with Gasteiger partial charge in [0.2, 0.25) is 5.95 Å². The number of anilines is 1. The van der Waals surface area contributed by atoms with E-state index in [0.717, 1.165) is 5.56 Å². The van der Waals surface area contributed by atoms with Crippen LogP contribution in [0, 0.1) is 0 Å². The van der Waals surface area contributed by atoms with E-state index < -0.39 is 0 Å². The van der Waals surface area contributed by atoms with Crippen molar-refractivity contribution in [2.24, 2.45) is 0 Å². The van der Waals surface area contributed by atoms with E-state index in [1.54, 1.807) is 37.6 Å². The van der Waals surface area contributed by atoms with Crippen molar-refractivity contribution in [3.8, 4) is 22.9 Å². The van der Waals surface area contributed by atoms with E-state index in [-0.39, 0.29) is 5.91 Å². The molecule has 0 saturated heterocycles. The van der Waals surface area contributed by atoms with E-state index in [0.29, 0.717) is 41.1 Å². The van der Waals surface area contributed by atoms with Gasteiger partial charge in [0.15, 0.2) is 17.3 Å². The summed E-state index contributed by atoms with van der Waals surface area (Å²) < 4.78 is 17.2. The lowest BCUT2D eigenvalue weighted by molar-refractivity contribution is 0.0947. The number of carbonyl (C=O) groups is 1. The summed E-state index contributed by atoms with van der Waals surface area (Å²) in [4.78, 5) is 17.8. The Balaban J connectivity index is 1.71. The third kappa shape index (κ3) is 3.88. The highest BCUT2D eigenvalue weighted by Crippen LogP contribution is 2.28. The van der Waals surface area contributed by atoms with Gasteiger partial charge in [0, 0.05) is 11.1 Å². The molecule has 0 atom stereocenters. The number of aromatic nitrogens is 3. The number of hydrogen-bond donors (Lipinski definition) is 1. The molecule has 8 nitrogen and oxygen atoms in total. The summed E-state index contributed by atoms with van der Waals surface area (Å²) >= 11 is 0. The molecule has 0 radical (unpaired) electrons. The normalized spacial score (nSPS) is 10.6. The van der Waals surface area contributed by atoms with Crippen molar-refractivity contribution in [2.75, 3.05) is 19.5 Å². The Bertz CT molecular complexity index is 1140. The second kappa shape index (κ2) is 8.52. The van der Waals surface area contributed by atoms with Crippen molar-refractivity contribution in [3.05, 3.63) is 78.3 Å². The van der Waals surface area contributed by atoms with Crippen LogP contribution in [0.15, 0.2) is 71.3 Å². The zero-order valence-corrected chi connectivity index (χ0v) is 16.5. The molecule has 2 aromatic heterocycles. The maximum atomic E-state index is 13.2. The summed E-state index contributed by atoms with van der Waals surface area (Å²) in [5.74, 6) is 2.10. The predicted octanol–water partition coefficient (Wildman–Crippen LogP) is 3.86. The number of hydrogen-bond acceptors (Lipinski definition) is 7. The number of furan rings is 1. The number of benzene rings is 2. The standard InChI is InChI=1S/C22H20N4O4/c1-28-18-11-10-16(13-19(18)29-2)21(27)26-22(23-14-17-9-6-12-30-17)24-20(25-26)15-7-4-3-5-8-15/h3-13H,14H2,1-2H3,(H,23,24,25). The fourth-order valence-electron chi connectivity index (χ4n) is 2.95. The monoisotopic (exact) mass is 404 g/mol. The van der Waals surface area contributed by atoms with Crippen molar-refractivity contribution < 1.29 is 18.7 Å². The van der Waals surface area contributed by atoms with Crippen LogP contribution in [-0.4, -0.2) is 34.9 Å². The van der Waals surface area contributed by atoms with Gasteiger partial charge in [-0.2, -0.15) is 9.67 Å². The molecule has 0 fully saturated rings. The number of nitrogens with one attached hydrogen (secondary N) is 1. The molecular formula is C22H20N4O4. The van der Waals surface area contributed by atoms with Gasteiger partial charge in [-0.3, -0.25) is 4.79 Å². The third-order valence-corrected chi connectivity index (χ3v) is 4.46. The SMILES string of the molecule is COc1ccc(C(=O)n2nc(-c3ccccc3)nc2NCc2ccco2)cc1OC. The van der Waals surface area contributed by atoms with E-state index in [2.05, 4.69) is 15.4 Å². The fourth-order valence-corrected chi connectivity index (χ4v) is 2.95. The average molecular weight is 404 g/mol. The highest BCUT2D eigenvalue weighted by atomic mass is 16.5. The van der Waals surface area contributed by atoms with E-state index in [1.165, 1.54) is 11.8 Å². The zero-order valence-electron chi connectivity index (χ0n) is 16.5.